The van der Waals surface area contributed by atoms with Crippen molar-refractivity contribution < 1.29 is 9.50 Å². The summed E-state index contributed by atoms with van der Waals surface area (Å²) < 4.78 is 14.0. The summed E-state index contributed by atoms with van der Waals surface area (Å²) in [6.45, 7) is 0.482. The molecule has 2 aromatic rings. The average Bonchev–Trinajstić information content (AvgIpc) is 2.32. The lowest BCUT2D eigenvalue weighted by molar-refractivity contribution is 0.432. The van der Waals surface area contributed by atoms with Crippen molar-refractivity contribution in [2.75, 3.05) is 5.32 Å². The van der Waals surface area contributed by atoms with Gasteiger partial charge in [0.15, 0.2) is 11.6 Å². The predicted molar refractivity (Wildman–Crippen MR) is 74.5 cm³/mol. The number of hydrogen-bond donors (Lipinski definition) is 2. The van der Waals surface area contributed by atoms with E-state index in [9.17, 15) is 4.39 Å². The molecule has 2 aromatic carbocycles. The molecule has 2 rings (SSSR count). The van der Waals surface area contributed by atoms with Gasteiger partial charge in [-0.2, -0.15) is 0 Å². The smallest absolute Gasteiger partial charge is 0.166 e. The first-order valence-corrected chi connectivity index (χ1v) is 6.39. The first kappa shape index (κ1) is 13.2. The van der Waals surface area contributed by atoms with Gasteiger partial charge in [0, 0.05) is 27.8 Å². The summed E-state index contributed by atoms with van der Waals surface area (Å²) >= 11 is 9.40. The molecule has 0 heterocycles. The van der Waals surface area contributed by atoms with Crippen LogP contribution in [0.15, 0.2) is 40.9 Å². The molecule has 0 amide bonds. The summed E-state index contributed by atoms with van der Waals surface area (Å²) in [6.07, 6.45) is 0. The molecule has 2 N–H and O–H groups in total. The molecular formula is C13H10BrClFNO. The maximum absolute atomic E-state index is 13.1. The van der Waals surface area contributed by atoms with E-state index in [1.807, 2.05) is 12.1 Å². The van der Waals surface area contributed by atoms with Crippen molar-refractivity contribution in [3.05, 3.63) is 57.3 Å². The van der Waals surface area contributed by atoms with Crippen molar-refractivity contribution in [2.45, 2.75) is 6.54 Å². The highest BCUT2D eigenvalue weighted by molar-refractivity contribution is 9.10. The Hall–Kier alpha value is -1.26. The number of aromatic hydroxyl groups is 1. The third kappa shape index (κ3) is 3.15. The summed E-state index contributed by atoms with van der Waals surface area (Å²) in [4.78, 5) is 0. The van der Waals surface area contributed by atoms with Gasteiger partial charge < -0.3 is 10.4 Å². The quantitative estimate of drug-likeness (QED) is 0.809. The number of anilines is 1. The SMILES string of the molecule is Oc1ccc(NCc2ccc(Br)cc2Cl)cc1F. The molecule has 0 fully saturated rings. The summed E-state index contributed by atoms with van der Waals surface area (Å²) in [7, 11) is 0. The Morgan fingerprint density at radius 1 is 1.22 bits per heavy atom. The topological polar surface area (TPSA) is 32.3 Å². The monoisotopic (exact) mass is 329 g/mol. The van der Waals surface area contributed by atoms with E-state index in [0.717, 1.165) is 10.0 Å². The van der Waals surface area contributed by atoms with Crippen LogP contribution in [0.4, 0.5) is 10.1 Å². The Morgan fingerprint density at radius 2 is 2.00 bits per heavy atom. The number of phenolic OH excluding ortho intramolecular Hbond substituents is 1. The number of halogens is 3. The van der Waals surface area contributed by atoms with Crippen LogP contribution < -0.4 is 5.32 Å². The fraction of sp³-hybridized carbons (Fsp3) is 0.0769. The minimum Gasteiger partial charge on any atom is -0.505 e. The number of rotatable bonds is 3. The first-order chi connectivity index (χ1) is 8.56. The van der Waals surface area contributed by atoms with E-state index >= 15 is 0 Å². The Bertz CT molecular complexity index is 577. The van der Waals surface area contributed by atoms with Gasteiger partial charge >= 0.3 is 0 Å². The maximum Gasteiger partial charge on any atom is 0.166 e. The van der Waals surface area contributed by atoms with Gasteiger partial charge in [-0.1, -0.05) is 33.6 Å². The van der Waals surface area contributed by atoms with Crippen LogP contribution in [0.1, 0.15) is 5.56 Å². The first-order valence-electron chi connectivity index (χ1n) is 5.22. The third-order valence-electron chi connectivity index (χ3n) is 2.45. The molecule has 0 radical (unpaired) electrons. The maximum atomic E-state index is 13.1. The summed E-state index contributed by atoms with van der Waals surface area (Å²) in [5.74, 6) is -1.01. The Kier molecular flexibility index (Phi) is 4.09. The summed E-state index contributed by atoms with van der Waals surface area (Å²) in [6, 6.07) is 9.72. The second kappa shape index (κ2) is 5.59. The van der Waals surface area contributed by atoms with E-state index in [4.69, 9.17) is 16.7 Å². The van der Waals surface area contributed by atoms with Crippen LogP contribution in [0.25, 0.3) is 0 Å². The highest BCUT2D eigenvalue weighted by Crippen LogP contribution is 2.23. The lowest BCUT2D eigenvalue weighted by atomic mass is 10.2. The average molecular weight is 331 g/mol. The zero-order valence-corrected chi connectivity index (χ0v) is 11.6. The fourth-order valence-corrected chi connectivity index (χ4v) is 2.22. The summed E-state index contributed by atoms with van der Waals surface area (Å²) in [5.41, 5.74) is 1.50. The molecule has 0 saturated heterocycles. The van der Waals surface area contributed by atoms with Crippen LogP contribution in [0.5, 0.6) is 5.75 Å². The Balaban J connectivity index is 2.09. The molecule has 5 heteroatoms. The lowest BCUT2D eigenvalue weighted by Gasteiger charge is -2.09. The van der Waals surface area contributed by atoms with Crippen LogP contribution in [-0.4, -0.2) is 5.11 Å². The fourth-order valence-electron chi connectivity index (χ4n) is 1.48. The molecule has 0 bridgehead atoms. The van der Waals surface area contributed by atoms with E-state index in [1.54, 1.807) is 12.1 Å². The second-order valence-electron chi connectivity index (χ2n) is 3.76. The minimum atomic E-state index is -0.651. The van der Waals surface area contributed by atoms with E-state index in [-0.39, 0.29) is 5.75 Å². The van der Waals surface area contributed by atoms with Gasteiger partial charge in [0.1, 0.15) is 0 Å². The molecule has 0 aromatic heterocycles. The van der Waals surface area contributed by atoms with E-state index in [0.29, 0.717) is 17.3 Å². The molecule has 94 valence electrons. The molecule has 0 saturated carbocycles. The van der Waals surface area contributed by atoms with Gasteiger partial charge in [0.05, 0.1) is 0 Å². The van der Waals surface area contributed by atoms with Crippen LogP contribution in [0.3, 0.4) is 0 Å². The van der Waals surface area contributed by atoms with Crippen LogP contribution in [0, 0.1) is 5.82 Å². The van der Waals surface area contributed by atoms with E-state index in [1.165, 1.54) is 12.1 Å². The van der Waals surface area contributed by atoms with Gasteiger partial charge in [0.2, 0.25) is 0 Å². The largest absolute Gasteiger partial charge is 0.505 e. The van der Waals surface area contributed by atoms with Gasteiger partial charge in [-0.25, -0.2) is 4.39 Å². The van der Waals surface area contributed by atoms with Gasteiger partial charge in [-0.3, -0.25) is 0 Å². The molecule has 0 atom stereocenters. The van der Waals surface area contributed by atoms with Crippen molar-refractivity contribution in [3.63, 3.8) is 0 Å². The predicted octanol–water partition coefficient (Wildman–Crippen LogP) is 4.56. The molecular weight excluding hydrogens is 321 g/mol. The Morgan fingerprint density at radius 3 is 2.67 bits per heavy atom. The van der Waals surface area contributed by atoms with Crippen molar-refractivity contribution in [1.82, 2.24) is 0 Å². The third-order valence-corrected chi connectivity index (χ3v) is 3.29. The zero-order valence-electron chi connectivity index (χ0n) is 9.25. The number of phenols is 1. The Labute approximate surface area is 118 Å². The van der Waals surface area contributed by atoms with Crippen molar-refractivity contribution in [3.8, 4) is 5.75 Å². The molecule has 18 heavy (non-hydrogen) atoms. The lowest BCUT2D eigenvalue weighted by Crippen LogP contribution is -2.00. The zero-order chi connectivity index (χ0) is 13.1. The number of hydrogen-bond acceptors (Lipinski definition) is 2. The summed E-state index contributed by atoms with van der Waals surface area (Å²) in [5, 5.41) is 12.7. The minimum absolute atomic E-state index is 0.359. The van der Waals surface area contributed by atoms with Gasteiger partial charge in [-0.15, -0.1) is 0 Å². The standard InChI is InChI=1S/C13H10BrClFNO/c14-9-2-1-8(11(15)5-9)7-17-10-3-4-13(18)12(16)6-10/h1-6,17-18H,7H2. The van der Waals surface area contributed by atoms with E-state index < -0.39 is 5.82 Å². The van der Waals surface area contributed by atoms with Crippen molar-refractivity contribution >= 4 is 33.2 Å². The molecule has 0 aliphatic rings. The van der Waals surface area contributed by atoms with Gasteiger partial charge in [-0.05, 0) is 29.8 Å². The molecule has 2 nitrogen and oxygen atoms in total. The second-order valence-corrected chi connectivity index (χ2v) is 5.08. The molecule has 0 spiro atoms. The van der Waals surface area contributed by atoms with Crippen molar-refractivity contribution in [1.29, 1.82) is 0 Å². The van der Waals surface area contributed by atoms with Crippen LogP contribution in [-0.2, 0) is 6.54 Å². The highest BCUT2D eigenvalue weighted by Gasteiger charge is 2.03. The normalized spacial score (nSPS) is 10.4. The van der Waals surface area contributed by atoms with E-state index in [2.05, 4.69) is 21.2 Å². The van der Waals surface area contributed by atoms with Crippen LogP contribution >= 0.6 is 27.5 Å². The van der Waals surface area contributed by atoms with Crippen molar-refractivity contribution in [2.24, 2.45) is 0 Å². The highest BCUT2D eigenvalue weighted by atomic mass is 79.9. The van der Waals surface area contributed by atoms with Crippen LogP contribution in [0.2, 0.25) is 5.02 Å². The van der Waals surface area contributed by atoms with Gasteiger partial charge in [0.25, 0.3) is 0 Å². The number of benzene rings is 2. The number of nitrogens with one attached hydrogen (secondary N) is 1. The molecule has 0 unspecified atom stereocenters. The molecule has 0 aliphatic heterocycles. The molecule has 0 aliphatic carbocycles.